The predicted octanol–water partition coefficient (Wildman–Crippen LogP) is 1.57. The fourth-order valence-electron chi connectivity index (χ4n) is 1.44. The van der Waals surface area contributed by atoms with Gasteiger partial charge in [0.05, 0.1) is 6.54 Å². The van der Waals surface area contributed by atoms with Gasteiger partial charge < -0.3 is 5.32 Å². The molecule has 4 heteroatoms. The van der Waals surface area contributed by atoms with E-state index in [0.717, 1.165) is 12.8 Å². The average Bonchev–Trinajstić information content (AvgIpc) is 2.36. The molecule has 1 nitrogen and oxygen atoms in total. The summed E-state index contributed by atoms with van der Waals surface area (Å²) in [6, 6.07) is 0. The zero-order chi connectivity index (χ0) is 6.54. The molecule has 0 radical (unpaired) electrons. The maximum atomic E-state index is 12.4. The summed E-state index contributed by atoms with van der Waals surface area (Å²) in [4.78, 5) is 0. The molecular weight excluding hydrogens is 160 g/mol. The van der Waals surface area contributed by atoms with Crippen molar-refractivity contribution in [1.82, 2.24) is 5.32 Å². The average molecular weight is 170 g/mol. The summed E-state index contributed by atoms with van der Waals surface area (Å²) < 4.78 is 24.8. The van der Waals surface area contributed by atoms with Crippen LogP contribution in [0.5, 0.6) is 0 Å². The van der Waals surface area contributed by atoms with E-state index in [1.807, 2.05) is 0 Å². The normalized spacial score (nSPS) is 31.8. The van der Waals surface area contributed by atoms with Crippen LogP contribution >= 0.6 is 12.4 Å². The van der Waals surface area contributed by atoms with Gasteiger partial charge in [-0.05, 0) is 12.8 Å². The van der Waals surface area contributed by atoms with Gasteiger partial charge in [-0.15, -0.1) is 12.4 Å². The van der Waals surface area contributed by atoms with Gasteiger partial charge in [-0.25, -0.2) is 8.78 Å². The maximum Gasteiger partial charge on any atom is 0.262 e. The third-order valence-electron chi connectivity index (χ3n) is 2.17. The summed E-state index contributed by atoms with van der Waals surface area (Å²) in [5.74, 6) is -2.42. The SMILES string of the molecule is Cl.FC1(F)CNC2(CC2)C1. The van der Waals surface area contributed by atoms with E-state index in [1.165, 1.54) is 0 Å². The fraction of sp³-hybridized carbons (Fsp3) is 1.00. The van der Waals surface area contributed by atoms with Gasteiger partial charge in [-0.1, -0.05) is 0 Å². The molecule has 1 aliphatic carbocycles. The van der Waals surface area contributed by atoms with Gasteiger partial charge in [0.25, 0.3) is 5.92 Å². The first-order valence-corrected chi connectivity index (χ1v) is 3.25. The Morgan fingerprint density at radius 3 is 2.00 bits per heavy atom. The lowest BCUT2D eigenvalue weighted by Gasteiger charge is -2.04. The minimum absolute atomic E-state index is 0. The van der Waals surface area contributed by atoms with E-state index in [2.05, 4.69) is 5.32 Å². The number of nitrogens with one attached hydrogen (secondary N) is 1. The summed E-state index contributed by atoms with van der Waals surface area (Å²) >= 11 is 0. The molecule has 1 aliphatic heterocycles. The molecule has 1 saturated heterocycles. The van der Waals surface area contributed by atoms with Crippen molar-refractivity contribution in [3.8, 4) is 0 Å². The van der Waals surface area contributed by atoms with Crippen molar-refractivity contribution < 1.29 is 8.78 Å². The first-order valence-electron chi connectivity index (χ1n) is 3.25. The number of alkyl halides is 2. The highest BCUT2D eigenvalue weighted by atomic mass is 35.5. The second kappa shape index (κ2) is 2.05. The van der Waals surface area contributed by atoms with Crippen molar-refractivity contribution in [1.29, 1.82) is 0 Å². The molecule has 1 spiro atoms. The molecule has 1 heterocycles. The molecule has 0 bridgehead atoms. The minimum atomic E-state index is -2.42. The highest BCUT2D eigenvalue weighted by Crippen LogP contribution is 2.47. The Labute approximate surface area is 64.6 Å². The number of hydrogen-bond donors (Lipinski definition) is 1. The summed E-state index contributed by atoms with van der Waals surface area (Å²) in [6.07, 6.45) is 1.96. The smallest absolute Gasteiger partial charge is 0.262 e. The van der Waals surface area contributed by atoms with Crippen LogP contribution in [0.15, 0.2) is 0 Å². The standard InChI is InChI=1S/C6H9F2N.ClH/c7-6(8)3-5(1-2-5)9-4-6;/h9H,1-4H2;1H. The minimum Gasteiger partial charge on any atom is -0.305 e. The molecule has 1 N–H and O–H groups in total. The summed E-state index contributed by atoms with van der Waals surface area (Å²) in [5, 5.41) is 2.85. The van der Waals surface area contributed by atoms with E-state index in [1.54, 1.807) is 0 Å². The van der Waals surface area contributed by atoms with E-state index in [4.69, 9.17) is 0 Å². The largest absolute Gasteiger partial charge is 0.305 e. The fourth-order valence-corrected chi connectivity index (χ4v) is 1.44. The van der Waals surface area contributed by atoms with Crippen LogP contribution < -0.4 is 5.32 Å². The van der Waals surface area contributed by atoms with E-state index in [-0.39, 0.29) is 30.9 Å². The lowest BCUT2D eigenvalue weighted by Crippen LogP contribution is -2.23. The van der Waals surface area contributed by atoms with Crippen molar-refractivity contribution in [2.75, 3.05) is 6.54 Å². The van der Waals surface area contributed by atoms with Crippen LogP contribution in [0.25, 0.3) is 0 Å². The molecule has 0 aromatic heterocycles. The molecule has 2 rings (SSSR count). The van der Waals surface area contributed by atoms with Crippen LogP contribution in [0, 0.1) is 0 Å². The van der Waals surface area contributed by atoms with E-state index < -0.39 is 5.92 Å². The highest BCUT2D eigenvalue weighted by molar-refractivity contribution is 5.85. The topological polar surface area (TPSA) is 12.0 Å². The molecule has 2 aliphatic rings. The number of hydrogen-bond acceptors (Lipinski definition) is 1. The van der Waals surface area contributed by atoms with Gasteiger partial charge in [0.1, 0.15) is 0 Å². The first kappa shape index (κ1) is 8.21. The molecule has 2 fully saturated rings. The van der Waals surface area contributed by atoms with Crippen molar-refractivity contribution >= 4 is 12.4 Å². The van der Waals surface area contributed by atoms with Gasteiger partial charge in [0, 0.05) is 12.0 Å². The molecule has 1 saturated carbocycles. The van der Waals surface area contributed by atoms with E-state index in [9.17, 15) is 8.78 Å². The predicted molar refractivity (Wildman–Crippen MR) is 36.8 cm³/mol. The third-order valence-corrected chi connectivity index (χ3v) is 2.17. The molecule has 0 unspecified atom stereocenters. The quantitative estimate of drug-likeness (QED) is 0.581. The Bertz CT molecular complexity index is 141. The molecule has 0 aromatic rings. The van der Waals surface area contributed by atoms with Crippen molar-refractivity contribution in [2.45, 2.75) is 30.7 Å². The molecular formula is C6H10ClF2N. The van der Waals surface area contributed by atoms with Crippen LogP contribution in [-0.2, 0) is 0 Å². The second-order valence-corrected chi connectivity index (χ2v) is 3.17. The van der Waals surface area contributed by atoms with Crippen molar-refractivity contribution in [3.63, 3.8) is 0 Å². The lowest BCUT2D eigenvalue weighted by molar-refractivity contribution is 0.0202. The van der Waals surface area contributed by atoms with Crippen LogP contribution in [0.4, 0.5) is 8.78 Å². The molecule has 60 valence electrons. The third kappa shape index (κ3) is 1.25. The monoisotopic (exact) mass is 169 g/mol. The van der Waals surface area contributed by atoms with Crippen molar-refractivity contribution in [2.24, 2.45) is 0 Å². The van der Waals surface area contributed by atoms with Crippen LogP contribution in [0.2, 0.25) is 0 Å². The lowest BCUT2D eigenvalue weighted by atomic mass is 10.2. The summed E-state index contributed by atoms with van der Waals surface area (Å²) in [5.41, 5.74) is -0.122. The Morgan fingerprint density at radius 2 is 1.80 bits per heavy atom. The molecule has 10 heavy (non-hydrogen) atoms. The maximum absolute atomic E-state index is 12.4. The van der Waals surface area contributed by atoms with E-state index in [0.29, 0.717) is 0 Å². The molecule has 0 amide bonds. The first-order chi connectivity index (χ1) is 4.12. The van der Waals surface area contributed by atoms with Gasteiger partial charge in [-0.3, -0.25) is 0 Å². The Hall–Kier alpha value is 0.110. The zero-order valence-corrected chi connectivity index (χ0v) is 6.31. The Morgan fingerprint density at radius 1 is 1.20 bits per heavy atom. The van der Waals surface area contributed by atoms with Gasteiger partial charge in [0.15, 0.2) is 0 Å². The number of rotatable bonds is 0. The Balaban J connectivity index is 0.000000500. The zero-order valence-electron chi connectivity index (χ0n) is 5.49. The van der Waals surface area contributed by atoms with Gasteiger partial charge in [-0.2, -0.15) is 0 Å². The highest BCUT2D eigenvalue weighted by Gasteiger charge is 2.55. The molecule has 0 aromatic carbocycles. The van der Waals surface area contributed by atoms with Crippen LogP contribution in [0.3, 0.4) is 0 Å². The van der Waals surface area contributed by atoms with Crippen molar-refractivity contribution in [3.05, 3.63) is 0 Å². The number of halogens is 3. The summed E-state index contributed by atoms with van der Waals surface area (Å²) in [6.45, 7) is -0.104. The van der Waals surface area contributed by atoms with E-state index >= 15 is 0 Å². The van der Waals surface area contributed by atoms with Crippen LogP contribution in [0.1, 0.15) is 19.3 Å². The molecule has 0 atom stereocenters. The van der Waals surface area contributed by atoms with Crippen LogP contribution in [-0.4, -0.2) is 18.0 Å². The summed E-state index contributed by atoms with van der Waals surface area (Å²) in [7, 11) is 0. The van der Waals surface area contributed by atoms with Gasteiger partial charge in [0.2, 0.25) is 0 Å². The van der Waals surface area contributed by atoms with Gasteiger partial charge >= 0.3 is 0 Å². The second-order valence-electron chi connectivity index (χ2n) is 3.17. The Kier molecular flexibility index (Phi) is 1.68.